The molecule has 0 aliphatic heterocycles. The Morgan fingerprint density at radius 2 is 2.22 bits per heavy atom. The summed E-state index contributed by atoms with van der Waals surface area (Å²) < 4.78 is 0. The van der Waals surface area contributed by atoms with Crippen LogP contribution in [0.2, 0.25) is 0 Å². The summed E-state index contributed by atoms with van der Waals surface area (Å²) >= 11 is 0. The molecule has 0 aromatic heterocycles. The minimum absolute atomic E-state index is 0.442. The maximum absolute atomic E-state index is 10.1. The Bertz CT molecular complexity index is 154. The summed E-state index contributed by atoms with van der Waals surface area (Å²) in [6.45, 7) is 1.66. The lowest BCUT2D eigenvalue weighted by atomic mass is 10.3. The fraction of sp³-hybridized carbons (Fsp3) is 0.333. The lowest BCUT2D eigenvalue weighted by Crippen LogP contribution is -2.00. The number of nitrogens with two attached hydrogens (primary N) is 1. The van der Waals surface area contributed by atoms with Gasteiger partial charge in [0.15, 0.2) is 6.29 Å². The average molecular weight is 126 g/mol. The Morgan fingerprint density at radius 1 is 1.67 bits per heavy atom. The van der Waals surface area contributed by atoms with Crippen LogP contribution in [-0.4, -0.2) is 19.5 Å². The van der Waals surface area contributed by atoms with Crippen LogP contribution in [0.3, 0.4) is 0 Å². The molecular formula is C6H10N2O. The van der Waals surface area contributed by atoms with Crippen LogP contribution >= 0.6 is 0 Å². The number of nitrogens with zero attached hydrogens (tertiary/aromatic N) is 1. The van der Waals surface area contributed by atoms with Crippen molar-refractivity contribution in [2.24, 2.45) is 10.7 Å². The van der Waals surface area contributed by atoms with Gasteiger partial charge >= 0.3 is 0 Å². The highest BCUT2D eigenvalue weighted by Gasteiger charge is 1.90. The van der Waals surface area contributed by atoms with Gasteiger partial charge in [-0.25, -0.2) is 0 Å². The van der Waals surface area contributed by atoms with Crippen LogP contribution in [0, 0.1) is 0 Å². The van der Waals surface area contributed by atoms with Crippen molar-refractivity contribution in [3.8, 4) is 0 Å². The van der Waals surface area contributed by atoms with Crippen molar-refractivity contribution in [1.29, 1.82) is 0 Å². The van der Waals surface area contributed by atoms with Crippen molar-refractivity contribution in [2.75, 3.05) is 7.05 Å². The number of carbonyl (C=O) groups is 1. The number of hydrogen-bond acceptors (Lipinski definition) is 3. The fourth-order valence-electron chi connectivity index (χ4n) is 0.364. The van der Waals surface area contributed by atoms with Crippen molar-refractivity contribution in [2.45, 2.75) is 6.92 Å². The summed E-state index contributed by atoms with van der Waals surface area (Å²) in [5.41, 5.74) is 6.23. The summed E-state index contributed by atoms with van der Waals surface area (Å²) in [6.07, 6.45) is 2.12. The number of rotatable bonds is 2. The van der Waals surface area contributed by atoms with Gasteiger partial charge in [0.05, 0.1) is 5.57 Å². The molecule has 0 saturated carbocycles. The molecule has 0 amide bonds. The molecule has 0 aromatic carbocycles. The first-order valence-electron chi connectivity index (χ1n) is 2.56. The Kier molecular flexibility index (Phi) is 3.35. The van der Waals surface area contributed by atoms with E-state index in [1.165, 1.54) is 6.21 Å². The maximum Gasteiger partial charge on any atom is 0.153 e. The van der Waals surface area contributed by atoms with Gasteiger partial charge in [0.25, 0.3) is 0 Å². The maximum atomic E-state index is 10.1. The van der Waals surface area contributed by atoms with E-state index in [0.29, 0.717) is 17.6 Å². The first-order valence-corrected chi connectivity index (χ1v) is 2.56. The van der Waals surface area contributed by atoms with Gasteiger partial charge in [0.2, 0.25) is 0 Å². The molecule has 50 valence electrons. The summed E-state index contributed by atoms with van der Waals surface area (Å²) in [5, 5.41) is 0. The fourth-order valence-corrected chi connectivity index (χ4v) is 0.364. The molecule has 0 aliphatic carbocycles. The van der Waals surface area contributed by atoms with Gasteiger partial charge in [0.1, 0.15) is 0 Å². The van der Waals surface area contributed by atoms with Crippen LogP contribution in [0.4, 0.5) is 0 Å². The average Bonchev–Trinajstić information content (AvgIpc) is 1.82. The molecule has 0 heterocycles. The number of hydrogen-bond donors (Lipinski definition) is 1. The van der Waals surface area contributed by atoms with E-state index in [2.05, 4.69) is 4.99 Å². The van der Waals surface area contributed by atoms with Crippen LogP contribution in [-0.2, 0) is 4.79 Å². The lowest BCUT2D eigenvalue weighted by molar-refractivity contribution is -0.104. The number of aliphatic imine (C=N–C) groups is 1. The second kappa shape index (κ2) is 3.83. The van der Waals surface area contributed by atoms with E-state index in [1.54, 1.807) is 14.0 Å². The monoisotopic (exact) mass is 126 g/mol. The predicted octanol–water partition coefficient (Wildman–Crippen LogP) is 0.119. The molecular weight excluding hydrogens is 116 g/mol. The molecule has 0 unspecified atom stereocenters. The van der Waals surface area contributed by atoms with Gasteiger partial charge in [-0.1, -0.05) is 0 Å². The van der Waals surface area contributed by atoms with E-state index in [4.69, 9.17) is 5.73 Å². The summed E-state index contributed by atoms with van der Waals surface area (Å²) in [7, 11) is 1.59. The van der Waals surface area contributed by atoms with Crippen molar-refractivity contribution in [1.82, 2.24) is 0 Å². The molecule has 0 bridgehead atoms. The van der Waals surface area contributed by atoms with E-state index in [9.17, 15) is 4.79 Å². The van der Waals surface area contributed by atoms with E-state index < -0.39 is 0 Å². The second-order valence-corrected chi connectivity index (χ2v) is 1.64. The van der Waals surface area contributed by atoms with Crippen LogP contribution in [0.5, 0.6) is 0 Å². The van der Waals surface area contributed by atoms with Gasteiger partial charge in [-0.05, 0) is 6.92 Å². The Morgan fingerprint density at radius 3 is 2.33 bits per heavy atom. The second-order valence-electron chi connectivity index (χ2n) is 1.64. The van der Waals surface area contributed by atoms with E-state index >= 15 is 0 Å². The molecule has 9 heavy (non-hydrogen) atoms. The molecule has 2 N–H and O–H groups in total. The standard InChI is InChI=1S/C6H10N2O/c1-5(7)6(4-9)3-8-2/h3-4H,7H2,1-2H3. The van der Waals surface area contributed by atoms with Crippen molar-refractivity contribution >= 4 is 12.5 Å². The molecule has 0 spiro atoms. The van der Waals surface area contributed by atoms with Gasteiger partial charge in [-0.2, -0.15) is 0 Å². The third-order valence-electron chi connectivity index (χ3n) is 0.850. The zero-order valence-electron chi connectivity index (χ0n) is 5.59. The molecule has 0 rings (SSSR count). The van der Waals surface area contributed by atoms with Gasteiger partial charge < -0.3 is 5.73 Å². The highest BCUT2D eigenvalue weighted by Crippen LogP contribution is 1.88. The molecule has 0 aliphatic rings. The first kappa shape index (κ1) is 7.88. The molecule has 3 heteroatoms. The molecule has 0 radical (unpaired) electrons. The smallest absolute Gasteiger partial charge is 0.153 e. The summed E-state index contributed by atoms with van der Waals surface area (Å²) in [5.74, 6) is 0. The minimum Gasteiger partial charge on any atom is -0.402 e. The van der Waals surface area contributed by atoms with Gasteiger partial charge in [-0.15, -0.1) is 0 Å². The summed E-state index contributed by atoms with van der Waals surface area (Å²) in [4.78, 5) is 13.7. The number of carbonyl (C=O) groups excluding carboxylic acids is 1. The van der Waals surface area contributed by atoms with Crippen LogP contribution in [0.1, 0.15) is 6.92 Å². The SMILES string of the molecule is CN=CC(C=O)=C(C)N. The Labute approximate surface area is 54.3 Å². The third-order valence-corrected chi connectivity index (χ3v) is 0.850. The van der Waals surface area contributed by atoms with E-state index in [-0.39, 0.29) is 0 Å². The first-order chi connectivity index (χ1) is 4.22. The quantitative estimate of drug-likeness (QED) is 0.324. The van der Waals surface area contributed by atoms with Crippen molar-refractivity contribution in [3.05, 3.63) is 11.3 Å². The largest absolute Gasteiger partial charge is 0.402 e. The molecule has 3 nitrogen and oxygen atoms in total. The molecule has 0 atom stereocenters. The zero-order chi connectivity index (χ0) is 7.28. The minimum atomic E-state index is 0.442. The van der Waals surface area contributed by atoms with E-state index in [1.807, 2.05) is 0 Å². The number of aldehydes is 1. The zero-order valence-corrected chi connectivity index (χ0v) is 5.59. The molecule has 0 saturated heterocycles. The Balaban J connectivity index is 4.34. The van der Waals surface area contributed by atoms with Crippen LogP contribution in [0.25, 0.3) is 0 Å². The third kappa shape index (κ3) is 2.64. The number of allylic oxidation sites excluding steroid dienone is 2. The molecule has 0 fully saturated rings. The van der Waals surface area contributed by atoms with Crippen molar-refractivity contribution < 1.29 is 4.79 Å². The Hall–Kier alpha value is -1.12. The topological polar surface area (TPSA) is 55.5 Å². The van der Waals surface area contributed by atoms with Crippen LogP contribution in [0.15, 0.2) is 16.3 Å². The highest BCUT2D eigenvalue weighted by molar-refractivity contribution is 6.02. The normalized spacial score (nSPS) is 13.6. The highest BCUT2D eigenvalue weighted by atomic mass is 16.1. The van der Waals surface area contributed by atoms with Gasteiger partial charge in [-0.3, -0.25) is 9.79 Å². The lowest BCUT2D eigenvalue weighted by Gasteiger charge is -1.90. The molecule has 0 aromatic rings. The van der Waals surface area contributed by atoms with Crippen molar-refractivity contribution in [3.63, 3.8) is 0 Å². The van der Waals surface area contributed by atoms with Gasteiger partial charge in [0, 0.05) is 19.0 Å². The van der Waals surface area contributed by atoms with Crippen LogP contribution < -0.4 is 5.73 Å². The summed E-state index contributed by atoms with van der Waals surface area (Å²) in [6, 6.07) is 0. The van der Waals surface area contributed by atoms with E-state index in [0.717, 1.165) is 0 Å². The predicted molar refractivity (Wildman–Crippen MR) is 37.4 cm³/mol.